The van der Waals surface area contributed by atoms with E-state index < -0.39 is 0 Å². The van der Waals surface area contributed by atoms with E-state index in [0.29, 0.717) is 12.6 Å². The topological polar surface area (TPSA) is 72.3 Å². The molecule has 0 saturated carbocycles. The molecule has 1 aliphatic rings. The molecule has 2 rings (SSSR count). The third-order valence-electron chi connectivity index (χ3n) is 4.43. The number of likely N-dealkylation sites (tertiary alicyclic amines) is 1. The highest BCUT2D eigenvalue weighted by Gasteiger charge is 2.28. The quantitative estimate of drug-likeness (QED) is 0.875. The van der Waals surface area contributed by atoms with Gasteiger partial charge in [-0.1, -0.05) is 18.2 Å². The summed E-state index contributed by atoms with van der Waals surface area (Å²) in [5.41, 5.74) is 14.9. The maximum Gasteiger partial charge on any atom is 0.221 e. The molecule has 1 heterocycles. The van der Waals surface area contributed by atoms with Crippen molar-refractivity contribution < 1.29 is 4.79 Å². The highest BCUT2D eigenvalue weighted by molar-refractivity contribution is 5.77. The Morgan fingerprint density at radius 3 is 2.75 bits per heavy atom. The van der Waals surface area contributed by atoms with Crippen LogP contribution in [0.25, 0.3) is 0 Å². The van der Waals surface area contributed by atoms with Gasteiger partial charge in [-0.3, -0.25) is 9.69 Å². The normalized spacial score (nSPS) is 23.8. The Morgan fingerprint density at radius 1 is 1.40 bits per heavy atom. The second kappa shape index (κ2) is 6.37. The molecule has 0 radical (unpaired) electrons. The van der Waals surface area contributed by atoms with E-state index >= 15 is 0 Å². The number of hydrogen-bond acceptors (Lipinski definition) is 3. The summed E-state index contributed by atoms with van der Waals surface area (Å²) in [6, 6.07) is 6.88. The maximum absolute atomic E-state index is 11.4. The van der Waals surface area contributed by atoms with Gasteiger partial charge in [-0.15, -0.1) is 0 Å². The van der Waals surface area contributed by atoms with Crippen LogP contribution in [0.2, 0.25) is 0 Å². The molecule has 1 aliphatic heterocycles. The van der Waals surface area contributed by atoms with Crippen LogP contribution >= 0.6 is 0 Å². The molecule has 1 fully saturated rings. The van der Waals surface area contributed by atoms with Crippen LogP contribution in [-0.4, -0.2) is 23.4 Å². The second-order valence-electron chi connectivity index (χ2n) is 5.92. The van der Waals surface area contributed by atoms with Crippen molar-refractivity contribution in [3.63, 3.8) is 0 Å². The number of piperidine rings is 1. The molecular weight excluding hydrogens is 250 g/mol. The molecule has 1 saturated heterocycles. The Bertz CT molecular complexity index is 487. The predicted molar refractivity (Wildman–Crippen MR) is 80.9 cm³/mol. The van der Waals surface area contributed by atoms with E-state index in [-0.39, 0.29) is 11.8 Å². The zero-order valence-electron chi connectivity index (χ0n) is 12.4. The highest BCUT2D eigenvalue weighted by atomic mass is 16.1. The molecule has 2 unspecified atom stereocenters. The van der Waals surface area contributed by atoms with Gasteiger partial charge in [0.25, 0.3) is 0 Å². The molecule has 0 spiro atoms. The molecule has 1 aromatic rings. The molecule has 110 valence electrons. The Balaban J connectivity index is 2.09. The van der Waals surface area contributed by atoms with Crippen molar-refractivity contribution in [2.75, 3.05) is 6.54 Å². The minimum absolute atomic E-state index is 0.00480. The van der Waals surface area contributed by atoms with Crippen LogP contribution in [0.3, 0.4) is 0 Å². The van der Waals surface area contributed by atoms with Crippen molar-refractivity contribution in [3.05, 3.63) is 34.9 Å². The van der Waals surface area contributed by atoms with Crippen LogP contribution in [0.15, 0.2) is 18.2 Å². The van der Waals surface area contributed by atoms with Crippen molar-refractivity contribution in [1.29, 1.82) is 0 Å². The Hall–Kier alpha value is -1.39. The van der Waals surface area contributed by atoms with E-state index in [0.717, 1.165) is 31.5 Å². The van der Waals surface area contributed by atoms with Crippen molar-refractivity contribution in [1.82, 2.24) is 4.90 Å². The largest absolute Gasteiger partial charge is 0.369 e. The molecule has 2 atom stereocenters. The molecule has 20 heavy (non-hydrogen) atoms. The van der Waals surface area contributed by atoms with Crippen LogP contribution in [0.4, 0.5) is 0 Å². The number of carbonyl (C=O) groups excluding carboxylic acids is 1. The average molecular weight is 275 g/mol. The third kappa shape index (κ3) is 3.38. The Morgan fingerprint density at radius 2 is 2.15 bits per heavy atom. The lowest BCUT2D eigenvalue weighted by Crippen LogP contribution is -2.45. The summed E-state index contributed by atoms with van der Waals surface area (Å²) in [4.78, 5) is 13.8. The SMILES string of the molecule is Cc1cc(CN)ccc1CN1CC(C(N)=O)CCC1C. The van der Waals surface area contributed by atoms with Crippen molar-refractivity contribution in [3.8, 4) is 0 Å². The second-order valence-corrected chi connectivity index (χ2v) is 5.92. The van der Waals surface area contributed by atoms with Crippen molar-refractivity contribution in [2.24, 2.45) is 17.4 Å². The fourth-order valence-electron chi connectivity index (χ4n) is 2.91. The summed E-state index contributed by atoms with van der Waals surface area (Å²) < 4.78 is 0. The summed E-state index contributed by atoms with van der Waals surface area (Å²) in [6.07, 6.45) is 1.95. The minimum atomic E-state index is -0.169. The van der Waals surface area contributed by atoms with Crippen LogP contribution < -0.4 is 11.5 Å². The lowest BCUT2D eigenvalue weighted by Gasteiger charge is -2.37. The highest BCUT2D eigenvalue weighted by Crippen LogP contribution is 2.24. The van der Waals surface area contributed by atoms with E-state index in [1.165, 1.54) is 11.1 Å². The Labute approximate surface area is 121 Å². The van der Waals surface area contributed by atoms with Gasteiger partial charge < -0.3 is 11.5 Å². The number of primary amides is 1. The first-order valence-electron chi connectivity index (χ1n) is 7.33. The first kappa shape index (κ1) is 15.0. The lowest BCUT2D eigenvalue weighted by molar-refractivity contribution is -0.124. The predicted octanol–water partition coefficient (Wildman–Crippen LogP) is 1.54. The summed E-state index contributed by atoms with van der Waals surface area (Å²) >= 11 is 0. The molecule has 4 N–H and O–H groups in total. The fraction of sp³-hybridized carbons (Fsp3) is 0.562. The molecule has 1 aromatic carbocycles. The number of nitrogens with zero attached hydrogens (tertiary/aromatic N) is 1. The lowest BCUT2D eigenvalue weighted by atomic mass is 9.92. The van der Waals surface area contributed by atoms with Gasteiger partial charge in [-0.05, 0) is 43.4 Å². The van der Waals surface area contributed by atoms with E-state index in [9.17, 15) is 4.79 Å². The number of carbonyl (C=O) groups is 1. The third-order valence-corrected chi connectivity index (χ3v) is 4.43. The van der Waals surface area contributed by atoms with Crippen LogP contribution in [0.5, 0.6) is 0 Å². The summed E-state index contributed by atoms with van der Waals surface area (Å²) in [6.45, 7) is 6.57. The van der Waals surface area contributed by atoms with Gasteiger partial charge in [0.15, 0.2) is 0 Å². The summed E-state index contributed by atoms with van der Waals surface area (Å²) in [5, 5.41) is 0. The number of aryl methyl sites for hydroxylation is 1. The van der Waals surface area contributed by atoms with Gasteiger partial charge in [0.05, 0.1) is 5.92 Å². The van der Waals surface area contributed by atoms with Gasteiger partial charge in [0, 0.05) is 25.7 Å². The van der Waals surface area contributed by atoms with Crippen LogP contribution in [-0.2, 0) is 17.9 Å². The van der Waals surface area contributed by atoms with Gasteiger partial charge in [-0.25, -0.2) is 0 Å². The van der Waals surface area contributed by atoms with E-state index in [1.807, 2.05) is 0 Å². The monoisotopic (exact) mass is 275 g/mol. The van der Waals surface area contributed by atoms with Gasteiger partial charge in [0.1, 0.15) is 0 Å². The van der Waals surface area contributed by atoms with E-state index in [4.69, 9.17) is 11.5 Å². The molecular formula is C16H25N3O. The number of amides is 1. The number of benzene rings is 1. The van der Waals surface area contributed by atoms with E-state index in [2.05, 4.69) is 36.9 Å². The van der Waals surface area contributed by atoms with Gasteiger partial charge in [-0.2, -0.15) is 0 Å². The zero-order valence-corrected chi connectivity index (χ0v) is 12.4. The number of nitrogens with two attached hydrogens (primary N) is 2. The average Bonchev–Trinajstić information content (AvgIpc) is 2.42. The Kier molecular flexibility index (Phi) is 4.78. The number of rotatable bonds is 4. The van der Waals surface area contributed by atoms with Crippen molar-refractivity contribution >= 4 is 5.91 Å². The smallest absolute Gasteiger partial charge is 0.221 e. The molecule has 1 amide bonds. The van der Waals surface area contributed by atoms with Gasteiger partial charge in [0.2, 0.25) is 5.91 Å². The van der Waals surface area contributed by atoms with Gasteiger partial charge >= 0.3 is 0 Å². The van der Waals surface area contributed by atoms with E-state index in [1.54, 1.807) is 0 Å². The maximum atomic E-state index is 11.4. The fourth-order valence-corrected chi connectivity index (χ4v) is 2.91. The molecule has 4 nitrogen and oxygen atoms in total. The minimum Gasteiger partial charge on any atom is -0.369 e. The van der Waals surface area contributed by atoms with Crippen LogP contribution in [0.1, 0.15) is 36.5 Å². The standard InChI is InChI=1S/C16H25N3O/c1-11-7-13(8-17)4-6-14(11)9-19-10-15(16(18)20)5-3-12(19)2/h4,6-7,12,15H,3,5,8-10,17H2,1-2H3,(H2,18,20). The summed E-state index contributed by atoms with van der Waals surface area (Å²) in [7, 11) is 0. The van der Waals surface area contributed by atoms with Crippen molar-refractivity contribution in [2.45, 2.75) is 45.8 Å². The molecule has 0 aromatic heterocycles. The summed E-state index contributed by atoms with van der Waals surface area (Å²) in [5.74, 6) is -0.174. The molecule has 0 bridgehead atoms. The van der Waals surface area contributed by atoms with Crippen LogP contribution in [0, 0.1) is 12.8 Å². The first-order chi connectivity index (χ1) is 9.51. The molecule has 0 aliphatic carbocycles. The zero-order chi connectivity index (χ0) is 14.7. The molecule has 4 heteroatoms. The first-order valence-corrected chi connectivity index (χ1v) is 7.33. The number of hydrogen-bond donors (Lipinski definition) is 2.